The molecule has 0 aromatic carbocycles. The van der Waals surface area contributed by atoms with Crippen LogP contribution in [0.25, 0.3) is 0 Å². The maximum atomic E-state index is 12.3. The molecule has 0 aliphatic carbocycles. The Morgan fingerprint density at radius 3 is 2.96 bits per heavy atom. The van der Waals surface area contributed by atoms with Crippen LogP contribution in [0, 0.1) is 11.3 Å². The SMILES string of the molecule is N#C/C=C\SCC(=O)NC1C(=O)N2C(C(=O)O)=C(/C=C/Cl)CS[C@H]12. The van der Waals surface area contributed by atoms with E-state index in [1.54, 1.807) is 6.07 Å². The molecule has 1 saturated heterocycles. The fourth-order valence-corrected chi connectivity index (χ4v) is 4.22. The van der Waals surface area contributed by atoms with Gasteiger partial charge in [-0.25, -0.2) is 4.79 Å². The van der Waals surface area contributed by atoms with E-state index in [4.69, 9.17) is 16.9 Å². The average molecular weight is 386 g/mol. The number of nitrogens with one attached hydrogen (secondary N) is 1. The summed E-state index contributed by atoms with van der Waals surface area (Å²) < 4.78 is 0. The summed E-state index contributed by atoms with van der Waals surface area (Å²) in [6.07, 6.45) is 2.70. The highest BCUT2D eigenvalue weighted by Crippen LogP contribution is 2.40. The second-order valence-electron chi connectivity index (χ2n) is 4.67. The number of amides is 2. The molecule has 1 fully saturated rings. The number of hydrogen-bond acceptors (Lipinski definition) is 6. The summed E-state index contributed by atoms with van der Waals surface area (Å²) in [6, 6.07) is 1.05. The summed E-state index contributed by atoms with van der Waals surface area (Å²) in [5.74, 6) is -1.57. The van der Waals surface area contributed by atoms with Crippen LogP contribution in [0.1, 0.15) is 0 Å². The Labute approximate surface area is 151 Å². The average Bonchev–Trinajstić information content (AvgIpc) is 2.56. The molecule has 2 amide bonds. The van der Waals surface area contributed by atoms with E-state index in [0.717, 1.165) is 11.8 Å². The number of fused-ring (bicyclic) bond motifs is 1. The van der Waals surface area contributed by atoms with Crippen LogP contribution in [0.5, 0.6) is 0 Å². The number of carbonyl (C=O) groups excluding carboxylic acids is 2. The number of hydrogen-bond donors (Lipinski definition) is 2. The quantitative estimate of drug-likeness (QED) is 0.522. The summed E-state index contributed by atoms with van der Waals surface area (Å²) in [6.45, 7) is 0. The van der Waals surface area contributed by atoms with Gasteiger partial charge < -0.3 is 10.4 Å². The van der Waals surface area contributed by atoms with Gasteiger partial charge in [-0.1, -0.05) is 11.6 Å². The van der Waals surface area contributed by atoms with Crippen LogP contribution in [0.4, 0.5) is 0 Å². The minimum Gasteiger partial charge on any atom is -0.477 e. The molecule has 10 heteroatoms. The van der Waals surface area contributed by atoms with E-state index in [1.165, 1.54) is 39.8 Å². The van der Waals surface area contributed by atoms with E-state index in [9.17, 15) is 19.5 Å². The number of aliphatic carboxylic acids is 1. The molecule has 0 spiro atoms. The topological polar surface area (TPSA) is 111 Å². The number of nitriles is 1. The summed E-state index contributed by atoms with van der Waals surface area (Å²) in [4.78, 5) is 36.7. The summed E-state index contributed by atoms with van der Waals surface area (Å²) in [7, 11) is 0. The highest BCUT2D eigenvalue weighted by molar-refractivity contribution is 8.02. The molecule has 0 saturated carbocycles. The van der Waals surface area contributed by atoms with Crippen molar-refractivity contribution in [3.63, 3.8) is 0 Å². The highest BCUT2D eigenvalue weighted by Gasteiger charge is 2.53. The number of nitrogens with zero attached hydrogens (tertiary/aromatic N) is 2. The Morgan fingerprint density at radius 2 is 2.33 bits per heavy atom. The minimum absolute atomic E-state index is 0.0706. The van der Waals surface area contributed by atoms with Gasteiger partial charge in [0.25, 0.3) is 5.91 Å². The van der Waals surface area contributed by atoms with Crippen LogP contribution < -0.4 is 5.32 Å². The van der Waals surface area contributed by atoms with Crippen molar-refractivity contribution in [1.29, 1.82) is 5.26 Å². The third kappa shape index (κ3) is 3.77. The van der Waals surface area contributed by atoms with Gasteiger partial charge in [0.15, 0.2) is 0 Å². The molecule has 0 radical (unpaired) electrons. The predicted molar refractivity (Wildman–Crippen MR) is 91.9 cm³/mol. The lowest BCUT2D eigenvalue weighted by atomic mass is 10.0. The lowest BCUT2D eigenvalue weighted by molar-refractivity contribution is -0.150. The van der Waals surface area contributed by atoms with Gasteiger partial charge in [-0.2, -0.15) is 5.26 Å². The number of thioether (sulfide) groups is 2. The van der Waals surface area contributed by atoms with Gasteiger partial charge in [-0.3, -0.25) is 14.5 Å². The Hall–Kier alpha value is -1.89. The Morgan fingerprint density at radius 1 is 1.58 bits per heavy atom. The zero-order valence-electron chi connectivity index (χ0n) is 12.1. The molecule has 126 valence electrons. The van der Waals surface area contributed by atoms with E-state index in [0.29, 0.717) is 11.3 Å². The van der Waals surface area contributed by atoms with Crippen LogP contribution in [-0.2, 0) is 14.4 Å². The van der Waals surface area contributed by atoms with Crippen molar-refractivity contribution in [3.8, 4) is 6.07 Å². The summed E-state index contributed by atoms with van der Waals surface area (Å²) in [5.41, 5.74) is 1.56. The molecule has 2 aliphatic rings. The third-order valence-electron chi connectivity index (χ3n) is 3.23. The van der Waals surface area contributed by atoms with Crippen molar-refractivity contribution in [2.24, 2.45) is 0 Å². The Kier molecular flexibility index (Phi) is 6.36. The van der Waals surface area contributed by atoms with Crippen molar-refractivity contribution in [1.82, 2.24) is 10.2 Å². The second-order valence-corrected chi connectivity index (χ2v) is 6.92. The van der Waals surface area contributed by atoms with E-state index in [1.807, 2.05) is 0 Å². The number of halogens is 1. The first kappa shape index (κ1) is 18.4. The van der Waals surface area contributed by atoms with Gasteiger partial charge in [-0.05, 0) is 17.1 Å². The van der Waals surface area contributed by atoms with Crippen LogP contribution in [0.3, 0.4) is 0 Å². The van der Waals surface area contributed by atoms with Crippen LogP contribution >= 0.6 is 35.1 Å². The summed E-state index contributed by atoms with van der Waals surface area (Å²) >= 11 is 8.00. The van der Waals surface area contributed by atoms with E-state index in [2.05, 4.69) is 5.32 Å². The molecule has 0 bridgehead atoms. The lowest BCUT2D eigenvalue weighted by Gasteiger charge is -2.49. The number of allylic oxidation sites excluding steroid dienone is 2. The molecule has 0 aromatic rings. The van der Waals surface area contributed by atoms with E-state index < -0.39 is 23.3 Å². The van der Waals surface area contributed by atoms with Gasteiger partial charge in [0.05, 0.1) is 11.8 Å². The first-order valence-electron chi connectivity index (χ1n) is 6.64. The Bertz CT molecular complexity index is 699. The smallest absolute Gasteiger partial charge is 0.352 e. The normalized spacial score (nSPS) is 23.2. The molecule has 1 unspecified atom stereocenters. The highest BCUT2D eigenvalue weighted by atomic mass is 35.5. The van der Waals surface area contributed by atoms with Crippen molar-refractivity contribution >= 4 is 52.9 Å². The standard InChI is InChI=1S/C14H12ClN3O4S2/c15-3-2-8-6-24-13-10(12(20)18(13)11(8)14(21)22)17-9(19)7-23-5-1-4-16/h1-3,5,10,13H,6-7H2,(H,17,19)(H,21,22)/b3-2+,5-1-/t10?,13-/m1/s1. The van der Waals surface area contributed by atoms with Gasteiger partial charge in [-0.15, -0.1) is 23.5 Å². The first-order chi connectivity index (χ1) is 11.5. The molecule has 2 rings (SSSR count). The molecule has 2 heterocycles. The summed E-state index contributed by atoms with van der Waals surface area (Å²) in [5, 5.41) is 21.3. The zero-order chi connectivity index (χ0) is 17.7. The van der Waals surface area contributed by atoms with Crippen molar-refractivity contribution < 1.29 is 19.5 Å². The van der Waals surface area contributed by atoms with E-state index >= 15 is 0 Å². The van der Waals surface area contributed by atoms with E-state index in [-0.39, 0.29) is 17.4 Å². The third-order valence-corrected chi connectivity index (χ3v) is 5.42. The molecule has 2 atom stereocenters. The number of rotatable bonds is 6. The number of carboxylic acid groups (broad SMARTS) is 1. The largest absolute Gasteiger partial charge is 0.477 e. The van der Waals surface area contributed by atoms with Crippen molar-refractivity contribution in [2.75, 3.05) is 11.5 Å². The molecule has 0 aromatic heterocycles. The van der Waals surface area contributed by atoms with Crippen LogP contribution in [0.2, 0.25) is 0 Å². The molecular formula is C14H12ClN3O4S2. The van der Waals surface area contributed by atoms with Gasteiger partial charge in [0, 0.05) is 17.4 Å². The first-order valence-corrected chi connectivity index (χ1v) is 9.18. The maximum absolute atomic E-state index is 12.3. The van der Waals surface area contributed by atoms with Crippen molar-refractivity contribution in [2.45, 2.75) is 11.4 Å². The molecular weight excluding hydrogens is 374 g/mol. The number of carbonyl (C=O) groups is 3. The fraction of sp³-hybridized carbons (Fsp3) is 0.286. The second kappa shape index (κ2) is 8.28. The van der Waals surface area contributed by atoms with Crippen LogP contribution in [0.15, 0.2) is 34.4 Å². The lowest BCUT2D eigenvalue weighted by Crippen LogP contribution is -2.70. The fourth-order valence-electron chi connectivity index (χ4n) is 2.26. The Balaban J connectivity index is 2.04. The minimum atomic E-state index is -1.21. The number of β-lactam (4-membered cyclic amide) rings is 1. The van der Waals surface area contributed by atoms with Gasteiger partial charge >= 0.3 is 5.97 Å². The van der Waals surface area contributed by atoms with Gasteiger partial charge in [0.2, 0.25) is 5.91 Å². The molecule has 2 aliphatic heterocycles. The van der Waals surface area contributed by atoms with Crippen molar-refractivity contribution in [3.05, 3.63) is 34.4 Å². The van der Waals surface area contributed by atoms with Crippen LogP contribution in [-0.4, -0.2) is 50.7 Å². The zero-order valence-corrected chi connectivity index (χ0v) is 14.5. The molecule has 24 heavy (non-hydrogen) atoms. The molecule has 7 nitrogen and oxygen atoms in total. The monoisotopic (exact) mass is 385 g/mol. The number of carboxylic acids is 1. The predicted octanol–water partition coefficient (Wildman–Crippen LogP) is 1.25. The molecule has 2 N–H and O–H groups in total. The van der Waals surface area contributed by atoms with Gasteiger partial charge in [0.1, 0.15) is 17.1 Å². The maximum Gasteiger partial charge on any atom is 0.352 e.